The molecule has 0 saturated heterocycles. The van der Waals surface area contributed by atoms with Crippen molar-refractivity contribution in [3.05, 3.63) is 24.7 Å². The summed E-state index contributed by atoms with van der Waals surface area (Å²) < 4.78 is 17.4. The second-order valence-corrected chi connectivity index (χ2v) is 5.95. The first-order chi connectivity index (χ1) is 14.1. The van der Waals surface area contributed by atoms with Gasteiger partial charge in [-0.2, -0.15) is 0 Å². The minimum absolute atomic E-state index is 0.114. The maximum Gasteiger partial charge on any atom is 0.404 e. The molecule has 4 aromatic heterocycles. The zero-order chi connectivity index (χ0) is 20.4. The number of fused-ring (bicyclic) bond motifs is 1. The smallest absolute Gasteiger partial charge is 0.404 e. The molecule has 0 aliphatic carbocycles. The minimum Gasteiger partial charge on any atom is -0.476 e. The summed E-state index contributed by atoms with van der Waals surface area (Å²) in [7, 11) is 0. The van der Waals surface area contributed by atoms with Gasteiger partial charge in [-0.25, -0.2) is 19.4 Å². The Bertz CT molecular complexity index is 1150. The third-order valence-electron chi connectivity index (χ3n) is 4.18. The number of furan rings is 1. The SMILES string of the molecule is CCn1c(-c2nonc2N)nc2c(-c3ccoc3)nc(OCCNC(=O)O)cc21. The molecule has 0 aliphatic heterocycles. The Morgan fingerprint density at radius 2 is 2.21 bits per heavy atom. The van der Waals surface area contributed by atoms with Crippen molar-refractivity contribution in [3.8, 4) is 28.7 Å². The van der Waals surface area contributed by atoms with Crippen LogP contribution in [0.15, 0.2) is 33.7 Å². The molecule has 150 valence electrons. The van der Waals surface area contributed by atoms with Crippen molar-refractivity contribution >= 4 is 22.9 Å². The van der Waals surface area contributed by atoms with E-state index in [1.165, 1.54) is 6.26 Å². The first-order valence-corrected chi connectivity index (χ1v) is 8.70. The lowest BCUT2D eigenvalue weighted by atomic mass is 10.2. The van der Waals surface area contributed by atoms with E-state index >= 15 is 0 Å². The zero-order valence-corrected chi connectivity index (χ0v) is 15.3. The summed E-state index contributed by atoms with van der Waals surface area (Å²) in [5, 5.41) is 18.4. The van der Waals surface area contributed by atoms with Crippen molar-refractivity contribution in [3.63, 3.8) is 0 Å². The van der Waals surface area contributed by atoms with E-state index < -0.39 is 6.09 Å². The van der Waals surface area contributed by atoms with Crippen molar-refractivity contribution in [2.75, 3.05) is 18.9 Å². The van der Waals surface area contributed by atoms with Gasteiger partial charge < -0.3 is 29.9 Å². The number of nitrogens with one attached hydrogen (secondary N) is 1. The summed E-state index contributed by atoms with van der Waals surface area (Å²) in [5.41, 5.74) is 8.77. The van der Waals surface area contributed by atoms with Crippen LogP contribution >= 0.6 is 0 Å². The first-order valence-electron chi connectivity index (χ1n) is 8.70. The minimum atomic E-state index is -1.12. The van der Waals surface area contributed by atoms with Crippen LogP contribution in [-0.4, -0.2) is 49.2 Å². The van der Waals surface area contributed by atoms with Crippen LogP contribution in [0.4, 0.5) is 10.6 Å². The van der Waals surface area contributed by atoms with Crippen LogP contribution in [0.25, 0.3) is 33.8 Å². The monoisotopic (exact) mass is 399 g/mol. The summed E-state index contributed by atoms with van der Waals surface area (Å²) in [6.07, 6.45) is 1.96. The molecule has 0 spiro atoms. The number of aromatic nitrogens is 5. The Kier molecular flexibility index (Phi) is 4.73. The molecule has 12 nitrogen and oxygen atoms in total. The number of imidazole rings is 1. The van der Waals surface area contributed by atoms with Gasteiger partial charge in [0.15, 0.2) is 17.3 Å². The van der Waals surface area contributed by atoms with E-state index in [4.69, 9.17) is 24.6 Å². The fourth-order valence-corrected chi connectivity index (χ4v) is 2.94. The molecule has 29 heavy (non-hydrogen) atoms. The summed E-state index contributed by atoms with van der Waals surface area (Å²) in [5.74, 6) is 0.926. The summed E-state index contributed by atoms with van der Waals surface area (Å²) in [6.45, 7) is 2.75. The standard InChI is InChI=1S/C17H17N7O5/c1-2-24-10-7-11(28-6-4-19-17(25)26)20-12(9-3-5-27-8-9)13(10)21-16(24)14-15(18)23-29-22-14/h3,5,7-8,19H,2,4,6H2,1H3,(H2,18,23)(H,25,26). The molecular formula is C17H17N7O5. The molecular weight excluding hydrogens is 382 g/mol. The van der Waals surface area contributed by atoms with Crippen LogP contribution < -0.4 is 15.8 Å². The molecule has 0 unspecified atom stereocenters. The topological polar surface area (TPSA) is 167 Å². The van der Waals surface area contributed by atoms with E-state index in [0.29, 0.717) is 40.7 Å². The van der Waals surface area contributed by atoms with Crippen LogP contribution in [0.2, 0.25) is 0 Å². The Labute approximate surface area is 163 Å². The van der Waals surface area contributed by atoms with Gasteiger partial charge in [-0.15, -0.1) is 0 Å². The molecule has 4 N–H and O–H groups in total. The van der Waals surface area contributed by atoms with E-state index in [9.17, 15) is 4.79 Å². The number of nitrogens with zero attached hydrogens (tertiary/aromatic N) is 5. The van der Waals surface area contributed by atoms with E-state index in [2.05, 4.69) is 25.6 Å². The number of anilines is 1. The summed E-state index contributed by atoms with van der Waals surface area (Å²) in [6, 6.07) is 3.48. The maximum atomic E-state index is 10.6. The quantitative estimate of drug-likeness (QED) is 0.391. The van der Waals surface area contributed by atoms with E-state index in [1.54, 1.807) is 18.4 Å². The second-order valence-electron chi connectivity index (χ2n) is 5.95. The number of rotatable bonds is 7. The van der Waals surface area contributed by atoms with Gasteiger partial charge in [0.25, 0.3) is 0 Å². The van der Waals surface area contributed by atoms with Gasteiger partial charge in [0.05, 0.1) is 24.6 Å². The number of hydrogen-bond acceptors (Lipinski definition) is 9. The Hall–Kier alpha value is -4.09. The highest BCUT2D eigenvalue weighted by atomic mass is 16.6. The van der Waals surface area contributed by atoms with Crippen molar-refractivity contribution in [1.29, 1.82) is 0 Å². The fraction of sp³-hybridized carbons (Fsp3) is 0.235. The number of nitrogen functional groups attached to an aromatic ring is 1. The zero-order valence-electron chi connectivity index (χ0n) is 15.3. The van der Waals surface area contributed by atoms with Crippen molar-refractivity contribution in [1.82, 2.24) is 30.2 Å². The first kappa shape index (κ1) is 18.3. The molecule has 12 heteroatoms. The van der Waals surface area contributed by atoms with Crippen LogP contribution in [0.5, 0.6) is 5.88 Å². The van der Waals surface area contributed by atoms with Crippen LogP contribution in [0.3, 0.4) is 0 Å². The lowest BCUT2D eigenvalue weighted by Crippen LogP contribution is -2.26. The second kappa shape index (κ2) is 7.50. The number of aryl methyl sites for hydroxylation is 1. The third-order valence-corrected chi connectivity index (χ3v) is 4.18. The van der Waals surface area contributed by atoms with Gasteiger partial charge in [-0.1, -0.05) is 0 Å². The number of hydrogen-bond donors (Lipinski definition) is 3. The van der Waals surface area contributed by atoms with Crippen LogP contribution in [0, 0.1) is 0 Å². The highest BCUT2D eigenvalue weighted by Gasteiger charge is 2.22. The Morgan fingerprint density at radius 3 is 2.86 bits per heavy atom. The predicted molar refractivity (Wildman–Crippen MR) is 100 cm³/mol. The normalized spacial score (nSPS) is 11.1. The number of amides is 1. The Balaban J connectivity index is 1.83. The Morgan fingerprint density at radius 1 is 1.34 bits per heavy atom. The molecule has 0 aliphatic rings. The van der Waals surface area contributed by atoms with Gasteiger partial charge in [0.1, 0.15) is 17.8 Å². The lowest BCUT2D eigenvalue weighted by molar-refractivity contribution is 0.191. The number of carboxylic acid groups (broad SMARTS) is 1. The summed E-state index contributed by atoms with van der Waals surface area (Å²) in [4.78, 5) is 19.8. The van der Waals surface area contributed by atoms with E-state index in [0.717, 1.165) is 5.52 Å². The molecule has 0 atom stereocenters. The van der Waals surface area contributed by atoms with Crippen molar-refractivity contribution in [2.45, 2.75) is 13.5 Å². The molecule has 0 radical (unpaired) electrons. The van der Waals surface area contributed by atoms with E-state index in [1.807, 2.05) is 11.5 Å². The van der Waals surface area contributed by atoms with E-state index in [-0.39, 0.29) is 19.0 Å². The molecule has 0 bridgehead atoms. The molecule has 0 saturated carbocycles. The van der Waals surface area contributed by atoms with Crippen LogP contribution in [0.1, 0.15) is 6.92 Å². The predicted octanol–water partition coefficient (Wildman–Crippen LogP) is 1.99. The highest BCUT2D eigenvalue weighted by molar-refractivity contribution is 5.93. The average Bonchev–Trinajstić information content (AvgIpc) is 3.43. The molecule has 4 rings (SSSR count). The number of pyridine rings is 1. The average molecular weight is 399 g/mol. The van der Waals surface area contributed by atoms with Crippen molar-refractivity contribution in [2.24, 2.45) is 0 Å². The fourth-order valence-electron chi connectivity index (χ4n) is 2.94. The van der Waals surface area contributed by atoms with Gasteiger partial charge >= 0.3 is 6.09 Å². The maximum absolute atomic E-state index is 10.6. The number of carbonyl (C=O) groups is 1. The van der Waals surface area contributed by atoms with Crippen LogP contribution in [-0.2, 0) is 6.54 Å². The van der Waals surface area contributed by atoms with Gasteiger partial charge in [0, 0.05) is 18.2 Å². The largest absolute Gasteiger partial charge is 0.476 e. The molecule has 0 aromatic carbocycles. The third kappa shape index (κ3) is 3.42. The lowest BCUT2D eigenvalue weighted by Gasteiger charge is -2.09. The molecule has 4 heterocycles. The van der Waals surface area contributed by atoms with Gasteiger partial charge in [-0.3, -0.25) is 0 Å². The number of nitrogens with two attached hydrogens (primary N) is 1. The van der Waals surface area contributed by atoms with Gasteiger partial charge in [0.2, 0.25) is 5.88 Å². The molecule has 1 amide bonds. The molecule has 4 aromatic rings. The molecule has 0 fully saturated rings. The van der Waals surface area contributed by atoms with Gasteiger partial charge in [-0.05, 0) is 23.3 Å². The highest BCUT2D eigenvalue weighted by Crippen LogP contribution is 2.34. The number of ether oxygens (including phenoxy) is 1. The van der Waals surface area contributed by atoms with Crippen molar-refractivity contribution < 1.29 is 23.7 Å². The summed E-state index contributed by atoms with van der Waals surface area (Å²) >= 11 is 0.